The van der Waals surface area contributed by atoms with Gasteiger partial charge in [-0.25, -0.2) is 0 Å². The van der Waals surface area contributed by atoms with E-state index in [2.05, 4.69) is 20.8 Å². The number of piperidine rings is 1. The first kappa shape index (κ1) is 16.5. The first-order valence-corrected chi connectivity index (χ1v) is 9.14. The van der Waals surface area contributed by atoms with Crippen LogP contribution >= 0.6 is 0 Å². The largest absolute Gasteiger partial charge is 0.339 e. The molecular weight excluding hydrogens is 326 g/mol. The lowest BCUT2D eigenvalue weighted by atomic mass is 9.96. The maximum atomic E-state index is 12.4. The van der Waals surface area contributed by atoms with Crippen LogP contribution in [0.3, 0.4) is 0 Å². The minimum Gasteiger partial charge on any atom is -0.339 e. The summed E-state index contributed by atoms with van der Waals surface area (Å²) in [4.78, 5) is 14.3. The molecule has 1 aromatic heterocycles. The second-order valence-corrected chi connectivity index (χ2v) is 6.90. The minimum atomic E-state index is 0.0253. The van der Waals surface area contributed by atoms with Gasteiger partial charge >= 0.3 is 0 Å². The number of aryl methyl sites for hydroxylation is 1. The SMILES string of the molecule is N#Cc1cccc(/C=C/C(=O)N2CCC(c3nnc4n3CCC4)CC2)c1. The molecule has 2 aliphatic rings. The highest BCUT2D eigenvalue weighted by atomic mass is 16.2. The number of fused-ring (bicyclic) bond motifs is 1. The highest BCUT2D eigenvalue weighted by Gasteiger charge is 2.28. The number of amides is 1. The predicted molar refractivity (Wildman–Crippen MR) is 97.1 cm³/mol. The lowest BCUT2D eigenvalue weighted by Crippen LogP contribution is -2.37. The number of hydrogen-bond donors (Lipinski definition) is 0. The lowest BCUT2D eigenvalue weighted by Gasteiger charge is -2.30. The molecule has 2 aliphatic heterocycles. The van der Waals surface area contributed by atoms with E-state index in [1.165, 1.54) is 0 Å². The van der Waals surface area contributed by atoms with E-state index in [-0.39, 0.29) is 5.91 Å². The molecule has 0 saturated carbocycles. The summed E-state index contributed by atoms with van der Waals surface area (Å²) in [7, 11) is 0. The van der Waals surface area contributed by atoms with Crippen molar-refractivity contribution in [2.75, 3.05) is 13.1 Å². The van der Waals surface area contributed by atoms with E-state index >= 15 is 0 Å². The number of carbonyl (C=O) groups is 1. The summed E-state index contributed by atoms with van der Waals surface area (Å²) >= 11 is 0. The van der Waals surface area contributed by atoms with Crippen LogP contribution in [0.1, 0.15) is 48.0 Å². The van der Waals surface area contributed by atoms with Crippen molar-refractivity contribution in [3.05, 3.63) is 53.1 Å². The van der Waals surface area contributed by atoms with E-state index in [1.807, 2.05) is 17.0 Å². The van der Waals surface area contributed by atoms with Gasteiger partial charge in [0.1, 0.15) is 11.6 Å². The van der Waals surface area contributed by atoms with Crippen LogP contribution in [-0.2, 0) is 17.8 Å². The zero-order chi connectivity index (χ0) is 17.9. The average molecular weight is 347 g/mol. The fourth-order valence-electron chi connectivity index (χ4n) is 3.82. The number of likely N-dealkylation sites (tertiary alicyclic amines) is 1. The Morgan fingerprint density at radius 2 is 2.08 bits per heavy atom. The normalized spacial score (nSPS) is 17.4. The summed E-state index contributed by atoms with van der Waals surface area (Å²) in [5, 5.41) is 17.6. The van der Waals surface area contributed by atoms with E-state index in [0.717, 1.165) is 62.5 Å². The molecule has 132 valence electrons. The highest BCUT2D eigenvalue weighted by Crippen LogP contribution is 2.29. The Morgan fingerprint density at radius 3 is 2.88 bits per heavy atom. The van der Waals surface area contributed by atoms with Gasteiger partial charge in [-0.15, -0.1) is 10.2 Å². The molecule has 6 nitrogen and oxygen atoms in total. The number of aromatic nitrogens is 3. The molecule has 1 aromatic carbocycles. The molecule has 4 rings (SSSR count). The van der Waals surface area contributed by atoms with E-state index in [4.69, 9.17) is 5.26 Å². The van der Waals surface area contributed by atoms with E-state index < -0.39 is 0 Å². The molecule has 2 aromatic rings. The summed E-state index contributed by atoms with van der Waals surface area (Å²) in [5.41, 5.74) is 1.47. The van der Waals surface area contributed by atoms with Crippen molar-refractivity contribution in [1.29, 1.82) is 5.26 Å². The Hall–Kier alpha value is -2.94. The molecule has 0 radical (unpaired) electrons. The second-order valence-electron chi connectivity index (χ2n) is 6.90. The van der Waals surface area contributed by atoms with Gasteiger partial charge in [-0.05, 0) is 43.0 Å². The van der Waals surface area contributed by atoms with Gasteiger partial charge in [-0.2, -0.15) is 5.26 Å². The first-order valence-electron chi connectivity index (χ1n) is 9.14. The van der Waals surface area contributed by atoms with Gasteiger partial charge in [0.15, 0.2) is 0 Å². The molecule has 6 heteroatoms. The van der Waals surface area contributed by atoms with Crippen LogP contribution in [0.2, 0.25) is 0 Å². The number of hydrogen-bond acceptors (Lipinski definition) is 4. The van der Waals surface area contributed by atoms with Gasteiger partial charge in [0, 0.05) is 38.0 Å². The van der Waals surface area contributed by atoms with Crippen molar-refractivity contribution in [2.24, 2.45) is 0 Å². The van der Waals surface area contributed by atoms with Crippen molar-refractivity contribution in [1.82, 2.24) is 19.7 Å². The molecule has 1 saturated heterocycles. The Balaban J connectivity index is 1.36. The maximum Gasteiger partial charge on any atom is 0.246 e. The highest BCUT2D eigenvalue weighted by molar-refractivity contribution is 5.91. The maximum absolute atomic E-state index is 12.4. The van der Waals surface area contributed by atoms with Gasteiger partial charge in [0.25, 0.3) is 0 Å². The van der Waals surface area contributed by atoms with Crippen LogP contribution in [0.15, 0.2) is 30.3 Å². The molecule has 0 aliphatic carbocycles. The molecule has 3 heterocycles. The van der Waals surface area contributed by atoms with Gasteiger partial charge in [-0.1, -0.05) is 12.1 Å². The summed E-state index contributed by atoms with van der Waals surface area (Å²) < 4.78 is 2.27. The smallest absolute Gasteiger partial charge is 0.246 e. The standard InChI is InChI=1S/C20H21N5O/c21-14-16-4-1-3-15(13-16)6-7-19(26)24-11-8-17(9-12-24)20-23-22-18-5-2-10-25(18)20/h1,3-4,6-7,13,17H,2,5,8-12H2/b7-6+. The average Bonchev–Trinajstić information content (AvgIpc) is 3.30. The van der Waals surface area contributed by atoms with Crippen LogP contribution < -0.4 is 0 Å². The predicted octanol–water partition coefficient (Wildman–Crippen LogP) is 2.52. The summed E-state index contributed by atoms with van der Waals surface area (Å²) in [6.45, 7) is 2.52. The number of rotatable bonds is 3. The fourth-order valence-corrected chi connectivity index (χ4v) is 3.82. The summed E-state index contributed by atoms with van der Waals surface area (Å²) in [6.07, 6.45) is 7.44. The fraction of sp³-hybridized carbons (Fsp3) is 0.400. The monoisotopic (exact) mass is 347 g/mol. The number of nitrogens with zero attached hydrogens (tertiary/aromatic N) is 5. The Bertz CT molecular complexity index is 884. The van der Waals surface area contributed by atoms with E-state index in [0.29, 0.717) is 11.5 Å². The molecule has 0 unspecified atom stereocenters. The molecule has 0 atom stereocenters. The Kier molecular flexibility index (Phi) is 4.53. The first-order chi connectivity index (χ1) is 12.7. The zero-order valence-corrected chi connectivity index (χ0v) is 14.6. The molecule has 0 spiro atoms. The molecular formula is C20H21N5O. The molecule has 0 N–H and O–H groups in total. The third-order valence-corrected chi connectivity index (χ3v) is 5.24. The third-order valence-electron chi connectivity index (χ3n) is 5.24. The molecule has 1 fully saturated rings. The Morgan fingerprint density at radius 1 is 1.23 bits per heavy atom. The zero-order valence-electron chi connectivity index (χ0n) is 14.6. The number of carbonyl (C=O) groups excluding carboxylic acids is 1. The van der Waals surface area contributed by atoms with Crippen molar-refractivity contribution in [3.8, 4) is 6.07 Å². The van der Waals surface area contributed by atoms with Crippen LogP contribution in [0.4, 0.5) is 0 Å². The van der Waals surface area contributed by atoms with Gasteiger partial charge < -0.3 is 9.47 Å². The van der Waals surface area contributed by atoms with Crippen molar-refractivity contribution in [3.63, 3.8) is 0 Å². The molecule has 1 amide bonds. The topological polar surface area (TPSA) is 74.8 Å². The van der Waals surface area contributed by atoms with E-state index in [9.17, 15) is 4.79 Å². The van der Waals surface area contributed by atoms with Crippen molar-refractivity contribution < 1.29 is 4.79 Å². The van der Waals surface area contributed by atoms with Crippen molar-refractivity contribution in [2.45, 2.75) is 38.1 Å². The van der Waals surface area contributed by atoms with Crippen LogP contribution in [0, 0.1) is 11.3 Å². The van der Waals surface area contributed by atoms with Crippen LogP contribution in [0.25, 0.3) is 6.08 Å². The number of nitriles is 1. The van der Waals surface area contributed by atoms with Gasteiger partial charge in [-0.3, -0.25) is 4.79 Å². The molecule has 0 bridgehead atoms. The second kappa shape index (κ2) is 7.12. The van der Waals surface area contributed by atoms with Gasteiger partial charge in [0.2, 0.25) is 5.91 Å². The molecule has 26 heavy (non-hydrogen) atoms. The minimum absolute atomic E-state index is 0.0253. The summed E-state index contributed by atoms with van der Waals surface area (Å²) in [6, 6.07) is 9.36. The van der Waals surface area contributed by atoms with Gasteiger partial charge in [0.05, 0.1) is 11.6 Å². The van der Waals surface area contributed by atoms with Crippen LogP contribution in [-0.4, -0.2) is 38.7 Å². The Labute approximate surface area is 152 Å². The number of benzene rings is 1. The van der Waals surface area contributed by atoms with Crippen LogP contribution in [0.5, 0.6) is 0 Å². The quantitative estimate of drug-likeness (QED) is 0.800. The van der Waals surface area contributed by atoms with E-state index in [1.54, 1.807) is 24.3 Å². The van der Waals surface area contributed by atoms with Crippen molar-refractivity contribution >= 4 is 12.0 Å². The lowest BCUT2D eigenvalue weighted by molar-refractivity contribution is -0.127. The summed E-state index contributed by atoms with van der Waals surface area (Å²) in [5.74, 6) is 2.64. The third kappa shape index (κ3) is 3.25.